The van der Waals surface area contributed by atoms with E-state index in [2.05, 4.69) is 5.10 Å². The fourth-order valence-corrected chi connectivity index (χ4v) is 1.83. The molecular formula is C13H14N2O. The smallest absolute Gasteiger partial charge is 0.160 e. The van der Waals surface area contributed by atoms with Gasteiger partial charge in [0.15, 0.2) is 5.78 Å². The van der Waals surface area contributed by atoms with Crippen LogP contribution in [0.25, 0.3) is 11.3 Å². The van der Waals surface area contributed by atoms with E-state index < -0.39 is 0 Å². The quantitative estimate of drug-likeness (QED) is 0.736. The maximum Gasteiger partial charge on any atom is 0.160 e. The van der Waals surface area contributed by atoms with E-state index in [0.717, 1.165) is 23.4 Å². The van der Waals surface area contributed by atoms with Crippen LogP contribution in [0.15, 0.2) is 36.5 Å². The van der Waals surface area contributed by atoms with Crippen molar-refractivity contribution in [3.8, 4) is 11.3 Å². The Kier molecular flexibility index (Phi) is 2.86. The molecule has 0 fully saturated rings. The lowest BCUT2D eigenvalue weighted by atomic mass is 10.0. The SMILES string of the molecule is CCn1nccc1-c1ccccc1C(C)=O. The van der Waals surface area contributed by atoms with Crippen LogP contribution in [0.4, 0.5) is 0 Å². The second-order valence-electron chi connectivity index (χ2n) is 3.63. The Labute approximate surface area is 94.7 Å². The van der Waals surface area contributed by atoms with Gasteiger partial charge in [0.2, 0.25) is 0 Å². The van der Waals surface area contributed by atoms with Crippen LogP contribution >= 0.6 is 0 Å². The van der Waals surface area contributed by atoms with Crippen LogP contribution in [0.3, 0.4) is 0 Å². The first-order valence-corrected chi connectivity index (χ1v) is 5.36. The number of Topliss-reactive ketones (excluding diaryl/α,β-unsaturated/α-hetero) is 1. The van der Waals surface area contributed by atoms with E-state index in [4.69, 9.17) is 0 Å². The number of aryl methyl sites for hydroxylation is 1. The molecule has 0 aliphatic carbocycles. The van der Waals surface area contributed by atoms with Crippen LogP contribution in [0.5, 0.6) is 0 Å². The molecule has 0 aliphatic rings. The summed E-state index contributed by atoms with van der Waals surface area (Å²) in [5, 5.41) is 4.22. The minimum Gasteiger partial charge on any atom is -0.294 e. The monoisotopic (exact) mass is 214 g/mol. The van der Waals surface area contributed by atoms with Crippen LogP contribution in [-0.4, -0.2) is 15.6 Å². The van der Waals surface area contributed by atoms with Gasteiger partial charge in [-0.2, -0.15) is 5.10 Å². The predicted molar refractivity (Wildman–Crippen MR) is 63.3 cm³/mol. The third kappa shape index (κ3) is 1.76. The van der Waals surface area contributed by atoms with E-state index in [1.54, 1.807) is 13.1 Å². The first-order valence-electron chi connectivity index (χ1n) is 5.36. The third-order valence-electron chi connectivity index (χ3n) is 2.60. The van der Waals surface area contributed by atoms with Crippen molar-refractivity contribution < 1.29 is 4.79 Å². The minimum absolute atomic E-state index is 0.0828. The topological polar surface area (TPSA) is 34.9 Å². The lowest BCUT2D eigenvalue weighted by molar-refractivity contribution is 0.101. The summed E-state index contributed by atoms with van der Waals surface area (Å²) < 4.78 is 1.89. The van der Waals surface area contributed by atoms with Crippen molar-refractivity contribution in [2.45, 2.75) is 20.4 Å². The van der Waals surface area contributed by atoms with Gasteiger partial charge in [0.1, 0.15) is 0 Å². The highest BCUT2D eigenvalue weighted by Gasteiger charge is 2.11. The van der Waals surface area contributed by atoms with Crippen LogP contribution in [0, 0.1) is 0 Å². The summed E-state index contributed by atoms with van der Waals surface area (Å²) >= 11 is 0. The first kappa shape index (κ1) is 10.6. The maximum absolute atomic E-state index is 11.5. The van der Waals surface area contributed by atoms with Gasteiger partial charge in [-0.15, -0.1) is 0 Å². The Morgan fingerprint density at radius 2 is 2.06 bits per heavy atom. The summed E-state index contributed by atoms with van der Waals surface area (Å²) in [5.41, 5.74) is 2.69. The number of nitrogens with zero attached hydrogens (tertiary/aromatic N) is 2. The van der Waals surface area contributed by atoms with Gasteiger partial charge in [0.05, 0.1) is 5.69 Å². The van der Waals surface area contributed by atoms with Crippen LogP contribution in [0.2, 0.25) is 0 Å². The molecule has 0 saturated carbocycles. The summed E-state index contributed by atoms with van der Waals surface area (Å²) in [5.74, 6) is 0.0828. The molecule has 82 valence electrons. The molecule has 1 aromatic heterocycles. The lowest BCUT2D eigenvalue weighted by Crippen LogP contribution is -2.02. The third-order valence-corrected chi connectivity index (χ3v) is 2.60. The first-order chi connectivity index (χ1) is 7.74. The number of carbonyl (C=O) groups excluding carboxylic acids is 1. The highest BCUT2D eigenvalue weighted by molar-refractivity contribution is 6.00. The standard InChI is InChI=1S/C13H14N2O/c1-3-15-13(8-9-14-15)12-7-5-4-6-11(12)10(2)16/h4-9H,3H2,1-2H3. The fourth-order valence-electron chi connectivity index (χ4n) is 1.83. The van der Waals surface area contributed by atoms with Crippen molar-refractivity contribution >= 4 is 5.78 Å². The highest BCUT2D eigenvalue weighted by atomic mass is 16.1. The van der Waals surface area contributed by atoms with E-state index >= 15 is 0 Å². The number of aromatic nitrogens is 2. The molecule has 0 aliphatic heterocycles. The van der Waals surface area contributed by atoms with Gasteiger partial charge in [0, 0.05) is 23.9 Å². The number of hydrogen-bond acceptors (Lipinski definition) is 2. The Morgan fingerprint density at radius 3 is 2.75 bits per heavy atom. The van der Waals surface area contributed by atoms with Crippen molar-refractivity contribution in [1.82, 2.24) is 9.78 Å². The van der Waals surface area contributed by atoms with E-state index in [1.807, 2.05) is 41.9 Å². The molecule has 16 heavy (non-hydrogen) atoms. The Morgan fingerprint density at radius 1 is 1.31 bits per heavy atom. The minimum atomic E-state index is 0.0828. The largest absolute Gasteiger partial charge is 0.294 e. The second-order valence-corrected chi connectivity index (χ2v) is 3.63. The molecule has 1 aromatic carbocycles. The number of benzene rings is 1. The van der Waals surface area contributed by atoms with Gasteiger partial charge in [-0.1, -0.05) is 24.3 Å². The van der Waals surface area contributed by atoms with E-state index in [1.165, 1.54) is 0 Å². The lowest BCUT2D eigenvalue weighted by Gasteiger charge is -2.08. The van der Waals surface area contributed by atoms with Crippen molar-refractivity contribution in [2.75, 3.05) is 0 Å². The van der Waals surface area contributed by atoms with Crippen LogP contribution < -0.4 is 0 Å². The molecule has 0 N–H and O–H groups in total. The van der Waals surface area contributed by atoms with Gasteiger partial charge in [0.25, 0.3) is 0 Å². The summed E-state index contributed by atoms with van der Waals surface area (Å²) in [7, 11) is 0. The number of ketones is 1. The van der Waals surface area contributed by atoms with Gasteiger partial charge < -0.3 is 0 Å². The summed E-state index contributed by atoms with van der Waals surface area (Å²) in [6.07, 6.45) is 1.76. The number of rotatable bonds is 3. The number of hydrogen-bond donors (Lipinski definition) is 0. The zero-order valence-electron chi connectivity index (χ0n) is 9.47. The van der Waals surface area contributed by atoms with Gasteiger partial charge >= 0.3 is 0 Å². The molecule has 3 nitrogen and oxygen atoms in total. The second kappa shape index (κ2) is 4.31. The molecule has 0 saturated heterocycles. The van der Waals surface area contributed by atoms with Crippen LogP contribution in [0.1, 0.15) is 24.2 Å². The molecule has 0 atom stereocenters. The van der Waals surface area contributed by atoms with E-state index in [0.29, 0.717) is 0 Å². The molecule has 3 heteroatoms. The molecule has 0 amide bonds. The van der Waals surface area contributed by atoms with Crippen molar-refractivity contribution in [3.63, 3.8) is 0 Å². The molecule has 0 spiro atoms. The Hall–Kier alpha value is -1.90. The Bertz CT molecular complexity index is 514. The molecule has 0 radical (unpaired) electrons. The van der Waals surface area contributed by atoms with Crippen molar-refractivity contribution in [2.24, 2.45) is 0 Å². The Balaban J connectivity index is 2.60. The molecule has 2 aromatic rings. The van der Waals surface area contributed by atoms with E-state index in [9.17, 15) is 4.79 Å². The van der Waals surface area contributed by atoms with Crippen LogP contribution in [-0.2, 0) is 6.54 Å². The summed E-state index contributed by atoms with van der Waals surface area (Å²) in [6, 6.07) is 9.57. The summed E-state index contributed by atoms with van der Waals surface area (Å²) in [4.78, 5) is 11.5. The van der Waals surface area contributed by atoms with E-state index in [-0.39, 0.29) is 5.78 Å². The molecule has 0 bridgehead atoms. The predicted octanol–water partition coefficient (Wildman–Crippen LogP) is 2.77. The average molecular weight is 214 g/mol. The van der Waals surface area contributed by atoms with Crippen molar-refractivity contribution in [3.05, 3.63) is 42.1 Å². The zero-order chi connectivity index (χ0) is 11.5. The molecule has 1 heterocycles. The summed E-state index contributed by atoms with van der Waals surface area (Å²) in [6.45, 7) is 4.42. The fraction of sp³-hybridized carbons (Fsp3) is 0.231. The maximum atomic E-state index is 11.5. The average Bonchev–Trinajstić information content (AvgIpc) is 2.76. The normalized spacial score (nSPS) is 10.4. The molecule has 0 unspecified atom stereocenters. The number of carbonyl (C=O) groups is 1. The van der Waals surface area contributed by atoms with Crippen molar-refractivity contribution in [1.29, 1.82) is 0 Å². The van der Waals surface area contributed by atoms with Gasteiger partial charge in [-0.25, -0.2) is 0 Å². The molecule has 2 rings (SSSR count). The highest BCUT2D eigenvalue weighted by Crippen LogP contribution is 2.23. The van der Waals surface area contributed by atoms with Gasteiger partial charge in [-0.3, -0.25) is 9.48 Å². The molecular weight excluding hydrogens is 200 g/mol. The van der Waals surface area contributed by atoms with Gasteiger partial charge in [-0.05, 0) is 19.9 Å². The zero-order valence-corrected chi connectivity index (χ0v) is 9.47.